The number of phenols is 1. The maximum absolute atomic E-state index is 12.0. The Balaban J connectivity index is 2.04. The number of phenolic OH excluding ortho intramolecular Hbond substituents is 1. The number of carbonyl (C=O) groups is 2. The summed E-state index contributed by atoms with van der Waals surface area (Å²) in [7, 11) is 0. The molecule has 0 aliphatic heterocycles. The maximum atomic E-state index is 12.0. The number of nitrogens with one attached hydrogen (secondary N) is 1. The van der Waals surface area contributed by atoms with Crippen LogP contribution in [-0.2, 0) is 4.79 Å². The number of benzene rings is 2. The number of carbonyl (C=O) groups excluding carboxylic acids is 2. The molecule has 2 aromatic carbocycles. The molecule has 0 unspecified atom stereocenters. The topological polar surface area (TPSA) is 75.6 Å². The van der Waals surface area contributed by atoms with E-state index in [4.69, 9.17) is 4.74 Å². The Morgan fingerprint density at radius 1 is 1.14 bits per heavy atom. The highest BCUT2D eigenvalue weighted by molar-refractivity contribution is 6.04. The van der Waals surface area contributed by atoms with Gasteiger partial charge in [-0.15, -0.1) is 0 Å². The Labute approximate surface area is 122 Å². The molecule has 0 bridgehead atoms. The standard InChI is InChI=1S/C16H15NO4/c1-2-15(19)21-14-8-6-11(7-9-14)16(20)17-12-4-3-5-13(18)10-12/h3-10,18H,2H2,1H3,(H,17,20). The molecule has 5 nitrogen and oxygen atoms in total. The van der Waals surface area contributed by atoms with Crippen molar-refractivity contribution in [3.05, 3.63) is 54.1 Å². The summed E-state index contributed by atoms with van der Waals surface area (Å²) < 4.78 is 5.03. The van der Waals surface area contributed by atoms with Crippen LogP contribution in [0.15, 0.2) is 48.5 Å². The fraction of sp³-hybridized carbons (Fsp3) is 0.125. The summed E-state index contributed by atoms with van der Waals surface area (Å²) in [6.07, 6.45) is 0.291. The quantitative estimate of drug-likeness (QED) is 0.669. The van der Waals surface area contributed by atoms with Crippen LogP contribution in [0.3, 0.4) is 0 Å². The van der Waals surface area contributed by atoms with E-state index >= 15 is 0 Å². The molecule has 0 atom stereocenters. The van der Waals surface area contributed by atoms with Gasteiger partial charge in [-0.25, -0.2) is 0 Å². The first-order valence-corrected chi connectivity index (χ1v) is 6.49. The third kappa shape index (κ3) is 4.07. The molecular weight excluding hydrogens is 270 g/mol. The van der Waals surface area contributed by atoms with Gasteiger partial charge in [0.05, 0.1) is 0 Å². The Bertz CT molecular complexity index is 650. The van der Waals surface area contributed by atoms with Gasteiger partial charge >= 0.3 is 5.97 Å². The van der Waals surface area contributed by atoms with Crippen molar-refractivity contribution < 1.29 is 19.4 Å². The van der Waals surface area contributed by atoms with Crippen molar-refractivity contribution in [3.8, 4) is 11.5 Å². The monoisotopic (exact) mass is 285 g/mol. The number of hydrogen-bond acceptors (Lipinski definition) is 4. The van der Waals surface area contributed by atoms with E-state index in [1.54, 1.807) is 43.3 Å². The van der Waals surface area contributed by atoms with Gasteiger partial charge in [0.2, 0.25) is 0 Å². The summed E-state index contributed by atoms with van der Waals surface area (Å²) in [6.45, 7) is 1.71. The van der Waals surface area contributed by atoms with Gasteiger partial charge in [-0.2, -0.15) is 0 Å². The summed E-state index contributed by atoms with van der Waals surface area (Å²) in [5, 5.41) is 12.0. The third-order valence-corrected chi connectivity index (χ3v) is 2.74. The molecule has 0 fully saturated rings. The van der Waals surface area contributed by atoms with Gasteiger partial charge in [-0.3, -0.25) is 9.59 Å². The van der Waals surface area contributed by atoms with Crippen LogP contribution in [-0.4, -0.2) is 17.0 Å². The number of esters is 1. The molecule has 0 aliphatic rings. The second kappa shape index (κ2) is 6.56. The number of amides is 1. The molecular formula is C16H15NO4. The molecule has 0 saturated carbocycles. The molecule has 5 heteroatoms. The first-order valence-electron chi connectivity index (χ1n) is 6.49. The van der Waals surface area contributed by atoms with Crippen LogP contribution < -0.4 is 10.1 Å². The van der Waals surface area contributed by atoms with Crippen molar-refractivity contribution in [3.63, 3.8) is 0 Å². The van der Waals surface area contributed by atoms with Crippen molar-refractivity contribution in [2.75, 3.05) is 5.32 Å². The number of anilines is 1. The molecule has 21 heavy (non-hydrogen) atoms. The highest BCUT2D eigenvalue weighted by Gasteiger charge is 2.08. The molecule has 0 spiro atoms. The van der Waals surface area contributed by atoms with Crippen LogP contribution in [0.2, 0.25) is 0 Å². The average Bonchev–Trinajstić information content (AvgIpc) is 2.47. The van der Waals surface area contributed by atoms with Gasteiger partial charge in [0.15, 0.2) is 0 Å². The number of ether oxygens (including phenoxy) is 1. The van der Waals surface area contributed by atoms with E-state index < -0.39 is 0 Å². The molecule has 0 heterocycles. The Morgan fingerprint density at radius 3 is 2.48 bits per heavy atom. The zero-order valence-electron chi connectivity index (χ0n) is 11.5. The molecule has 2 rings (SSSR count). The van der Waals surface area contributed by atoms with Crippen molar-refractivity contribution in [2.45, 2.75) is 13.3 Å². The summed E-state index contributed by atoms with van der Waals surface area (Å²) in [5.41, 5.74) is 0.927. The fourth-order valence-corrected chi connectivity index (χ4v) is 1.66. The van der Waals surface area contributed by atoms with E-state index in [9.17, 15) is 14.7 Å². The minimum absolute atomic E-state index is 0.0784. The highest BCUT2D eigenvalue weighted by atomic mass is 16.5. The average molecular weight is 285 g/mol. The summed E-state index contributed by atoms with van der Waals surface area (Å²) in [5.74, 6) is -0.161. The Morgan fingerprint density at radius 2 is 1.86 bits per heavy atom. The molecule has 0 aromatic heterocycles. The normalized spacial score (nSPS) is 9.95. The molecule has 1 amide bonds. The largest absolute Gasteiger partial charge is 0.508 e. The van der Waals surface area contributed by atoms with Crippen LogP contribution in [0.4, 0.5) is 5.69 Å². The lowest BCUT2D eigenvalue weighted by Crippen LogP contribution is -2.12. The molecule has 108 valence electrons. The van der Waals surface area contributed by atoms with Gasteiger partial charge in [0, 0.05) is 23.7 Å². The Kier molecular flexibility index (Phi) is 4.56. The van der Waals surface area contributed by atoms with Crippen molar-refractivity contribution >= 4 is 17.6 Å². The van der Waals surface area contributed by atoms with E-state index in [2.05, 4.69) is 5.32 Å². The first-order chi connectivity index (χ1) is 10.1. The van der Waals surface area contributed by atoms with Crippen LogP contribution in [0.5, 0.6) is 11.5 Å². The second-order valence-corrected chi connectivity index (χ2v) is 4.36. The predicted octanol–water partition coefficient (Wildman–Crippen LogP) is 2.96. The molecule has 0 radical (unpaired) electrons. The molecule has 0 saturated heterocycles. The van der Waals surface area contributed by atoms with E-state index in [0.717, 1.165) is 0 Å². The number of aromatic hydroxyl groups is 1. The van der Waals surface area contributed by atoms with E-state index in [1.807, 2.05) is 0 Å². The van der Waals surface area contributed by atoms with Crippen molar-refractivity contribution in [1.82, 2.24) is 0 Å². The van der Waals surface area contributed by atoms with Gasteiger partial charge < -0.3 is 15.2 Å². The van der Waals surface area contributed by atoms with Crippen LogP contribution in [0, 0.1) is 0 Å². The molecule has 2 N–H and O–H groups in total. The molecule has 2 aromatic rings. The van der Waals surface area contributed by atoms with Crippen LogP contribution in [0.1, 0.15) is 23.7 Å². The summed E-state index contributed by atoms with van der Waals surface area (Å²) in [6, 6.07) is 12.5. The number of rotatable bonds is 4. The Hall–Kier alpha value is -2.82. The fourth-order valence-electron chi connectivity index (χ4n) is 1.66. The van der Waals surface area contributed by atoms with E-state index in [0.29, 0.717) is 23.4 Å². The number of hydrogen-bond donors (Lipinski definition) is 2. The lowest BCUT2D eigenvalue weighted by Gasteiger charge is -2.07. The smallest absolute Gasteiger partial charge is 0.310 e. The lowest BCUT2D eigenvalue weighted by molar-refractivity contribution is -0.134. The van der Waals surface area contributed by atoms with Crippen LogP contribution >= 0.6 is 0 Å². The van der Waals surface area contributed by atoms with E-state index in [-0.39, 0.29) is 17.6 Å². The second-order valence-electron chi connectivity index (χ2n) is 4.36. The summed E-state index contributed by atoms with van der Waals surface area (Å²) in [4.78, 5) is 23.2. The van der Waals surface area contributed by atoms with Gasteiger partial charge in [0.1, 0.15) is 11.5 Å². The first kappa shape index (κ1) is 14.6. The third-order valence-electron chi connectivity index (χ3n) is 2.74. The van der Waals surface area contributed by atoms with Crippen LogP contribution in [0.25, 0.3) is 0 Å². The van der Waals surface area contributed by atoms with Crippen molar-refractivity contribution in [2.24, 2.45) is 0 Å². The zero-order chi connectivity index (χ0) is 15.2. The summed E-state index contributed by atoms with van der Waals surface area (Å²) >= 11 is 0. The van der Waals surface area contributed by atoms with Gasteiger partial charge in [-0.05, 0) is 36.4 Å². The van der Waals surface area contributed by atoms with Crippen molar-refractivity contribution in [1.29, 1.82) is 0 Å². The minimum atomic E-state index is -0.327. The minimum Gasteiger partial charge on any atom is -0.508 e. The SMILES string of the molecule is CCC(=O)Oc1ccc(C(=O)Nc2cccc(O)c2)cc1. The predicted molar refractivity (Wildman–Crippen MR) is 78.4 cm³/mol. The van der Waals surface area contributed by atoms with Gasteiger partial charge in [0.25, 0.3) is 5.91 Å². The lowest BCUT2D eigenvalue weighted by atomic mass is 10.2. The van der Waals surface area contributed by atoms with E-state index in [1.165, 1.54) is 12.1 Å². The maximum Gasteiger partial charge on any atom is 0.310 e. The zero-order valence-corrected chi connectivity index (χ0v) is 11.5. The highest BCUT2D eigenvalue weighted by Crippen LogP contribution is 2.17. The van der Waals surface area contributed by atoms with Gasteiger partial charge in [-0.1, -0.05) is 13.0 Å². The molecule has 0 aliphatic carbocycles.